The zero-order valence-electron chi connectivity index (χ0n) is 11.2. The number of halogens is 3. The smallest absolute Gasteiger partial charge is 0.253 e. The van der Waals surface area contributed by atoms with Crippen LogP contribution in [0.15, 0.2) is 29.2 Å². The topological polar surface area (TPSA) is 83.5 Å². The van der Waals surface area contributed by atoms with E-state index in [1.165, 1.54) is 6.92 Å². The molecule has 0 aromatic heterocycles. The molecular weight excluding hydrogens is 344 g/mol. The van der Waals surface area contributed by atoms with Gasteiger partial charge in [-0.2, -0.15) is 0 Å². The van der Waals surface area contributed by atoms with E-state index in [0.29, 0.717) is 0 Å². The molecule has 0 spiro atoms. The standard InChI is InChI=1S/C12H14Cl2FNO4S/c1-7(16-11(17)10(13)14)12(15,18)8-3-5-9(6-4-8)21(2,19)20/h3-7,10,18H,1-2H3,(H,16,17). The maximum Gasteiger partial charge on any atom is 0.253 e. The molecular formula is C12H14Cl2FNO4S. The lowest BCUT2D eigenvalue weighted by Crippen LogP contribution is -2.47. The number of benzene rings is 1. The van der Waals surface area contributed by atoms with Crippen LogP contribution in [0.1, 0.15) is 12.5 Å². The number of amides is 1. The Morgan fingerprint density at radius 3 is 2.19 bits per heavy atom. The second-order valence-corrected chi connectivity index (χ2v) is 7.61. The monoisotopic (exact) mass is 357 g/mol. The number of hydrogen-bond acceptors (Lipinski definition) is 4. The summed E-state index contributed by atoms with van der Waals surface area (Å²) in [6.45, 7) is 1.22. The van der Waals surface area contributed by atoms with Crippen LogP contribution in [0.5, 0.6) is 0 Å². The fourth-order valence-electron chi connectivity index (χ4n) is 1.56. The number of rotatable bonds is 5. The van der Waals surface area contributed by atoms with Gasteiger partial charge in [0.2, 0.25) is 0 Å². The van der Waals surface area contributed by atoms with Crippen molar-refractivity contribution in [2.45, 2.75) is 28.6 Å². The number of aliphatic hydroxyl groups is 1. The summed E-state index contributed by atoms with van der Waals surface area (Å²) in [4.78, 5) is 9.88. The van der Waals surface area contributed by atoms with Crippen molar-refractivity contribution in [3.63, 3.8) is 0 Å². The first-order chi connectivity index (χ1) is 9.46. The predicted molar refractivity (Wildman–Crippen MR) is 77.7 cm³/mol. The summed E-state index contributed by atoms with van der Waals surface area (Å²) in [5, 5.41) is 12.0. The molecule has 0 saturated heterocycles. The van der Waals surface area contributed by atoms with Gasteiger partial charge in [-0.15, -0.1) is 0 Å². The molecule has 0 saturated carbocycles. The quantitative estimate of drug-likeness (QED) is 0.782. The largest absolute Gasteiger partial charge is 0.357 e. The molecule has 2 atom stereocenters. The van der Waals surface area contributed by atoms with Crippen LogP contribution >= 0.6 is 23.2 Å². The van der Waals surface area contributed by atoms with Crippen LogP contribution in [0, 0.1) is 0 Å². The van der Waals surface area contributed by atoms with Gasteiger partial charge in [0.25, 0.3) is 11.8 Å². The van der Waals surface area contributed by atoms with Gasteiger partial charge in [-0.05, 0) is 19.1 Å². The fraction of sp³-hybridized carbons (Fsp3) is 0.417. The lowest BCUT2D eigenvalue weighted by atomic mass is 10.0. The van der Waals surface area contributed by atoms with Crippen molar-refractivity contribution in [2.75, 3.05) is 6.26 Å². The van der Waals surface area contributed by atoms with E-state index in [0.717, 1.165) is 30.5 Å². The van der Waals surface area contributed by atoms with Crippen molar-refractivity contribution in [3.05, 3.63) is 29.8 Å². The second kappa shape index (κ2) is 6.48. The third-order valence-corrected chi connectivity index (χ3v) is 4.34. The van der Waals surface area contributed by atoms with Crippen LogP contribution in [0.25, 0.3) is 0 Å². The van der Waals surface area contributed by atoms with Crippen LogP contribution in [-0.2, 0) is 20.5 Å². The van der Waals surface area contributed by atoms with Crippen LogP contribution in [0.2, 0.25) is 0 Å². The van der Waals surface area contributed by atoms with E-state index >= 15 is 0 Å². The minimum atomic E-state index is -3.42. The van der Waals surface area contributed by atoms with E-state index < -0.39 is 32.5 Å². The van der Waals surface area contributed by atoms with Crippen LogP contribution in [-0.4, -0.2) is 36.6 Å². The summed E-state index contributed by atoms with van der Waals surface area (Å²) in [5.74, 6) is -3.76. The van der Waals surface area contributed by atoms with Gasteiger partial charge >= 0.3 is 0 Å². The van der Waals surface area contributed by atoms with Crippen molar-refractivity contribution in [1.29, 1.82) is 0 Å². The Hall–Kier alpha value is -0.890. The minimum absolute atomic E-state index is 0.0136. The average molecular weight is 358 g/mol. The van der Waals surface area contributed by atoms with Crippen LogP contribution in [0.4, 0.5) is 4.39 Å². The maximum atomic E-state index is 14.4. The first kappa shape index (κ1) is 18.2. The molecule has 0 aliphatic heterocycles. The normalized spacial score (nSPS) is 16.3. The fourth-order valence-corrected chi connectivity index (χ4v) is 2.31. The zero-order valence-corrected chi connectivity index (χ0v) is 13.5. The van der Waals surface area contributed by atoms with Crippen LogP contribution < -0.4 is 5.32 Å². The van der Waals surface area contributed by atoms with Gasteiger partial charge in [0.1, 0.15) is 0 Å². The number of hydrogen-bond donors (Lipinski definition) is 2. The molecule has 0 fully saturated rings. The zero-order chi connectivity index (χ0) is 16.4. The number of sulfone groups is 1. The summed E-state index contributed by atoms with van der Waals surface area (Å²) in [7, 11) is -3.42. The van der Waals surface area contributed by atoms with Crippen molar-refractivity contribution < 1.29 is 22.7 Å². The molecule has 1 rings (SSSR count). The van der Waals surface area contributed by atoms with Gasteiger partial charge < -0.3 is 10.4 Å². The molecule has 118 valence electrons. The molecule has 1 aromatic rings. The van der Waals surface area contributed by atoms with Gasteiger partial charge in [0.15, 0.2) is 14.7 Å². The molecule has 21 heavy (non-hydrogen) atoms. The lowest BCUT2D eigenvalue weighted by molar-refractivity contribution is -0.137. The summed E-state index contributed by atoms with van der Waals surface area (Å²) < 4.78 is 37.0. The van der Waals surface area contributed by atoms with Crippen LogP contribution in [0.3, 0.4) is 0 Å². The molecule has 9 heteroatoms. The molecule has 1 amide bonds. The van der Waals surface area contributed by atoms with Gasteiger partial charge in [-0.3, -0.25) is 4.79 Å². The Morgan fingerprint density at radius 2 is 1.81 bits per heavy atom. The van der Waals surface area contributed by atoms with Crippen molar-refractivity contribution in [2.24, 2.45) is 0 Å². The Balaban J connectivity index is 2.99. The summed E-state index contributed by atoms with van der Waals surface area (Å²) in [5.41, 5.74) is -0.205. The molecule has 0 radical (unpaired) electrons. The van der Waals surface area contributed by atoms with E-state index in [4.69, 9.17) is 23.2 Å². The molecule has 5 nitrogen and oxygen atoms in total. The lowest BCUT2D eigenvalue weighted by Gasteiger charge is -2.27. The Morgan fingerprint density at radius 1 is 1.33 bits per heavy atom. The average Bonchev–Trinajstić information content (AvgIpc) is 2.37. The molecule has 0 bridgehead atoms. The van der Waals surface area contributed by atoms with Gasteiger partial charge in [-0.1, -0.05) is 35.3 Å². The highest BCUT2D eigenvalue weighted by Crippen LogP contribution is 2.28. The minimum Gasteiger partial charge on any atom is -0.357 e. The van der Waals surface area contributed by atoms with Crippen molar-refractivity contribution in [3.8, 4) is 0 Å². The molecule has 0 aliphatic rings. The molecule has 0 aliphatic carbocycles. The van der Waals surface area contributed by atoms with E-state index in [1.807, 2.05) is 0 Å². The van der Waals surface area contributed by atoms with Crippen molar-refractivity contribution in [1.82, 2.24) is 5.32 Å². The van der Waals surface area contributed by atoms with Gasteiger partial charge in [0.05, 0.1) is 10.9 Å². The Labute approximate surface area is 132 Å². The second-order valence-electron chi connectivity index (χ2n) is 4.50. The molecule has 0 heterocycles. The van der Waals surface area contributed by atoms with E-state index in [2.05, 4.69) is 5.32 Å². The highest BCUT2D eigenvalue weighted by atomic mass is 35.5. The number of carbonyl (C=O) groups is 1. The number of carbonyl (C=O) groups excluding carboxylic acids is 1. The van der Waals surface area contributed by atoms with Gasteiger partial charge in [0, 0.05) is 11.8 Å². The molecule has 1 aromatic carbocycles. The summed E-state index contributed by atoms with van der Waals surface area (Å²) in [6, 6.07) is 3.23. The third-order valence-electron chi connectivity index (χ3n) is 2.82. The highest BCUT2D eigenvalue weighted by molar-refractivity contribution is 7.90. The van der Waals surface area contributed by atoms with E-state index in [9.17, 15) is 22.7 Å². The number of nitrogens with one attached hydrogen (secondary N) is 1. The van der Waals surface area contributed by atoms with E-state index in [1.54, 1.807) is 0 Å². The first-order valence-corrected chi connectivity index (χ1v) is 8.53. The highest BCUT2D eigenvalue weighted by Gasteiger charge is 2.37. The Bertz CT molecular complexity index is 617. The SMILES string of the molecule is CC(NC(=O)C(Cl)Cl)C(O)(F)c1ccc(S(C)(=O)=O)cc1. The molecule has 2 N–H and O–H groups in total. The number of alkyl halides is 3. The molecule has 2 unspecified atom stereocenters. The van der Waals surface area contributed by atoms with Gasteiger partial charge in [-0.25, -0.2) is 12.8 Å². The summed E-state index contributed by atoms with van der Waals surface area (Å²) in [6.07, 6.45) is 1.01. The third kappa shape index (κ3) is 4.54. The van der Waals surface area contributed by atoms with E-state index in [-0.39, 0.29) is 10.5 Å². The van der Waals surface area contributed by atoms with Crippen molar-refractivity contribution >= 4 is 38.9 Å². The first-order valence-electron chi connectivity index (χ1n) is 5.76. The Kier molecular flexibility index (Phi) is 5.60. The maximum absolute atomic E-state index is 14.4. The predicted octanol–water partition coefficient (Wildman–Crippen LogP) is 1.51. The summed E-state index contributed by atoms with van der Waals surface area (Å²) >= 11 is 10.6.